The predicted molar refractivity (Wildman–Crippen MR) is 86.9 cm³/mol. The van der Waals surface area contributed by atoms with Crippen molar-refractivity contribution in [2.75, 3.05) is 11.9 Å². The molecule has 1 unspecified atom stereocenters. The molecule has 1 aromatic rings. The second-order valence-electron chi connectivity index (χ2n) is 4.59. The molecule has 1 aliphatic rings. The summed E-state index contributed by atoms with van der Waals surface area (Å²) in [6, 6.07) is 5.31. The van der Waals surface area contributed by atoms with Gasteiger partial charge in [0.05, 0.1) is 0 Å². The van der Waals surface area contributed by atoms with Crippen LogP contribution in [-0.4, -0.2) is 28.8 Å². The van der Waals surface area contributed by atoms with E-state index in [1.807, 2.05) is 19.9 Å². The van der Waals surface area contributed by atoms with Crippen molar-refractivity contribution >= 4 is 46.0 Å². The van der Waals surface area contributed by atoms with Gasteiger partial charge < -0.3 is 10.6 Å². The number of nitrogens with one attached hydrogen (secondary N) is 2. The van der Waals surface area contributed by atoms with Crippen molar-refractivity contribution in [3.8, 4) is 0 Å². The standard InChI is InChI=1S/C14H16ClN3O2S/c1-3-16-14-18-13(20)11(21-14)7-12(19)17-9-5-4-8(2)10(15)6-9/h4-6,11H,3,7H2,1-2H3,(H,17,19)(H,16,18,20). The molecule has 0 aromatic heterocycles. The second-order valence-corrected chi connectivity index (χ2v) is 6.19. The third kappa shape index (κ3) is 4.22. The molecule has 21 heavy (non-hydrogen) atoms. The Balaban J connectivity index is 1.94. The molecule has 0 spiro atoms. The van der Waals surface area contributed by atoms with Crippen molar-refractivity contribution in [2.45, 2.75) is 25.5 Å². The lowest BCUT2D eigenvalue weighted by Gasteiger charge is -2.08. The van der Waals surface area contributed by atoms with E-state index in [1.54, 1.807) is 12.1 Å². The lowest BCUT2D eigenvalue weighted by atomic mass is 10.2. The van der Waals surface area contributed by atoms with E-state index < -0.39 is 5.25 Å². The molecule has 1 aliphatic heterocycles. The maximum Gasteiger partial charge on any atom is 0.240 e. The van der Waals surface area contributed by atoms with Crippen LogP contribution in [0, 0.1) is 6.92 Å². The second kappa shape index (κ2) is 6.95. The fraction of sp³-hybridized carbons (Fsp3) is 0.357. The molecule has 112 valence electrons. The smallest absolute Gasteiger partial charge is 0.240 e. The Morgan fingerprint density at radius 2 is 2.29 bits per heavy atom. The van der Waals surface area contributed by atoms with Crippen LogP contribution in [0.15, 0.2) is 23.2 Å². The molecule has 1 atom stereocenters. The number of thioether (sulfide) groups is 1. The Hall–Kier alpha value is -1.53. The molecule has 1 saturated heterocycles. The molecule has 0 bridgehead atoms. The first-order chi connectivity index (χ1) is 9.99. The number of amides is 2. The lowest BCUT2D eigenvalue weighted by Crippen LogP contribution is -2.28. The van der Waals surface area contributed by atoms with E-state index >= 15 is 0 Å². The van der Waals surface area contributed by atoms with Gasteiger partial charge in [-0.05, 0) is 31.5 Å². The van der Waals surface area contributed by atoms with Gasteiger partial charge in [-0.25, -0.2) is 0 Å². The number of aliphatic imine (C=N–C) groups is 1. The highest BCUT2D eigenvalue weighted by molar-refractivity contribution is 8.15. The van der Waals surface area contributed by atoms with Crippen LogP contribution in [0.4, 0.5) is 5.69 Å². The summed E-state index contributed by atoms with van der Waals surface area (Å²) in [6.45, 7) is 4.38. The number of hydrogen-bond donors (Lipinski definition) is 2. The molecule has 1 aromatic carbocycles. The summed E-state index contributed by atoms with van der Waals surface area (Å²) in [4.78, 5) is 27.9. The largest absolute Gasteiger partial charge is 0.326 e. The first-order valence-corrected chi connectivity index (χ1v) is 7.83. The third-order valence-corrected chi connectivity index (χ3v) is 4.43. The van der Waals surface area contributed by atoms with Gasteiger partial charge in [-0.3, -0.25) is 14.6 Å². The van der Waals surface area contributed by atoms with E-state index in [9.17, 15) is 9.59 Å². The minimum Gasteiger partial charge on any atom is -0.326 e. The number of nitrogens with zero attached hydrogens (tertiary/aromatic N) is 1. The maximum atomic E-state index is 12.0. The van der Waals surface area contributed by atoms with E-state index in [4.69, 9.17) is 11.6 Å². The highest BCUT2D eigenvalue weighted by Crippen LogP contribution is 2.24. The zero-order chi connectivity index (χ0) is 15.4. The number of anilines is 1. The summed E-state index contributed by atoms with van der Waals surface area (Å²) >= 11 is 7.30. The molecule has 2 N–H and O–H groups in total. The fourth-order valence-electron chi connectivity index (χ4n) is 1.81. The van der Waals surface area contributed by atoms with Crippen molar-refractivity contribution < 1.29 is 9.59 Å². The van der Waals surface area contributed by atoms with E-state index in [-0.39, 0.29) is 18.2 Å². The first kappa shape index (κ1) is 15.9. The molecule has 0 radical (unpaired) electrons. The Morgan fingerprint density at radius 1 is 1.52 bits per heavy atom. The topological polar surface area (TPSA) is 70.6 Å². The predicted octanol–water partition coefficient (Wildman–Crippen LogP) is 2.58. The van der Waals surface area contributed by atoms with Crippen LogP contribution in [0.2, 0.25) is 5.02 Å². The van der Waals surface area contributed by atoms with Crippen LogP contribution >= 0.6 is 23.4 Å². The Labute approximate surface area is 132 Å². The van der Waals surface area contributed by atoms with Crippen molar-refractivity contribution in [3.05, 3.63) is 28.8 Å². The number of aryl methyl sites for hydroxylation is 1. The van der Waals surface area contributed by atoms with Crippen LogP contribution in [-0.2, 0) is 9.59 Å². The van der Waals surface area contributed by atoms with Crippen LogP contribution in [0.1, 0.15) is 18.9 Å². The number of amidine groups is 1. The molecular weight excluding hydrogens is 310 g/mol. The normalized spacial score (nSPS) is 19.7. The summed E-state index contributed by atoms with van der Waals surface area (Å²) in [7, 11) is 0. The van der Waals surface area contributed by atoms with Gasteiger partial charge in [-0.2, -0.15) is 0 Å². The van der Waals surface area contributed by atoms with E-state index in [0.29, 0.717) is 22.4 Å². The summed E-state index contributed by atoms with van der Waals surface area (Å²) in [5.41, 5.74) is 1.57. The van der Waals surface area contributed by atoms with E-state index in [1.165, 1.54) is 11.8 Å². The van der Waals surface area contributed by atoms with Gasteiger partial charge in [0.1, 0.15) is 5.25 Å². The molecule has 7 heteroatoms. The van der Waals surface area contributed by atoms with Gasteiger partial charge in [-0.1, -0.05) is 29.4 Å². The zero-order valence-corrected chi connectivity index (χ0v) is 13.3. The third-order valence-electron chi connectivity index (χ3n) is 2.90. The van der Waals surface area contributed by atoms with Crippen molar-refractivity contribution in [3.63, 3.8) is 0 Å². The van der Waals surface area contributed by atoms with Gasteiger partial charge in [0.25, 0.3) is 0 Å². The maximum absolute atomic E-state index is 12.0. The van der Waals surface area contributed by atoms with E-state index in [0.717, 1.165) is 5.56 Å². The van der Waals surface area contributed by atoms with Crippen LogP contribution in [0.25, 0.3) is 0 Å². The highest BCUT2D eigenvalue weighted by atomic mass is 35.5. The molecule has 5 nitrogen and oxygen atoms in total. The summed E-state index contributed by atoms with van der Waals surface area (Å²) < 4.78 is 0. The van der Waals surface area contributed by atoms with Gasteiger partial charge in [0, 0.05) is 23.7 Å². The molecule has 0 aliphatic carbocycles. The van der Waals surface area contributed by atoms with Gasteiger partial charge in [-0.15, -0.1) is 0 Å². The summed E-state index contributed by atoms with van der Waals surface area (Å²) in [5, 5.41) is 6.15. The first-order valence-electron chi connectivity index (χ1n) is 6.57. The molecule has 2 amide bonds. The zero-order valence-electron chi connectivity index (χ0n) is 11.8. The minimum atomic E-state index is -0.434. The number of hydrogen-bond acceptors (Lipinski definition) is 4. The minimum absolute atomic E-state index is 0.102. The average Bonchev–Trinajstić information content (AvgIpc) is 2.74. The fourth-order valence-corrected chi connectivity index (χ4v) is 3.02. The van der Waals surface area contributed by atoms with Gasteiger partial charge in [0.2, 0.25) is 11.8 Å². The Morgan fingerprint density at radius 3 is 2.95 bits per heavy atom. The molecule has 1 fully saturated rings. The lowest BCUT2D eigenvalue weighted by molar-refractivity contribution is -0.122. The van der Waals surface area contributed by atoms with Crippen molar-refractivity contribution in [2.24, 2.45) is 4.99 Å². The molecule has 1 heterocycles. The van der Waals surface area contributed by atoms with Crippen LogP contribution in [0.3, 0.4) is 0 Å². The van der Waals surface area contributed by atoms with Crippen LogP contribution in [0.5, 0.6) is 0 Å². The quantitative estimate of drug-likeness (QED) is 0.894. The van der Waals surface area contributed by atoms with Crippen molar-refractivity contribution in [1.29, 1.82) is 0 Å². The molecule has 0 saturated carbocycles. The Kier molecular flexibility index (Phi) is 5.25. The average molecular weight is 326 g/mol. The molecular formula is C14H16ClN3O2S. The summed E-state index contributed by atoms with van der Waals surface area (Å²) in [5.74, 6) is -0.399. The summed E-state index contributed by atoms with van der Waals surface area (Å²) in [6.07, 6.45) is 0.102. The monoisotopic (exact) mass is 325 g/mol. The van der Waals surface area contributed by atoms with Gasteiger partial charge in [0.15, 0.2) is 5.17 Å². The number of benzene rings is 1. The number of carbonyl (C=O) groups excluding carboxylic acids is 2. The SMILES string of the molecule is CCN=C1NC(=O)C(CC(=O)Nc2ccc(C)c(Cl)c2)S1. The van der Waals surface area contributed by atoms with E-state index in [2.05, 4.69) is 15.6 Å². The Bertz CT molecular complexity index is 604. The van der Waals surface area contributed by atoms with Gasteiger partial charge >= 0.3 is 0 Å². The number of rotatable bonds is 4. The van der Waals surface area contributed by atoms with Crippen molar-refractivity contribution in [1.82, 2.24) is 5.32 Å². The number of halogens is 1. The number of carbonyl (C=O) groups is 2. The highest BCUT2D eigenvalue weighted by Gasteiger charge is 2.31. The van der Waals surface area contributed by atoms with Crippen LogP contribution < -0.4 is 10.6 Å². The molecule has 2 rings (SSSR count).